The second-order valence-electron chi connectivity index (χ2n) is 6.65. The summed E-state index contributed by atoms with van der Waals surface area (Å²) in [5, 5.41) is 6.71. The molecule has 1 atom stereocenters. The number of benzene rings is 1. The van der Waals surface area contributed by atoms with Crippen LogP contribution >= 0.6 is 0 Å². The lowest BCUT2D eigenvalue weighted by Gasteiger charge is -2.21. The molecule has 0 radical (unpaired) electrons. The minimum absolute atomic E-state index is 0.616. The smallest absolute Gasteiger partial charge is 0.191 e. The normalized spacial score (nSPS) is 16.9. The average molecular weight is 332 g/mol. The van der Waals surface area contributed by atoms with Gasteiger partial charge in [0.25, 0.3) is 0 Å². The van der Waals surface area contributed by atoms with Crippen molar-refractivity contribution in [3.8, 4) is 5.75 Å². The molecule has 2 rings (SSSR count). The zero-order valence-electron chi connectivity index (χ0n) is 15.3. The Labute approximate surface area is 146 Å². The summed E-state index contributed by atoms with van der Waals surface area (Å²) in [6.07, 6.45) is 2.70. The SMILES string of the molecule is CN=C(NCCOc1ccc(C)cc1)NCC(C)CN1CCCC1. The molecule has 5 heteroatoms. The molecule has 0 aromatic heterocycles. The summed E-state index contributed by atoms with van der Waals surface area (Å²) in [7, 11) is 1.81. The standard InChI is InChI=1S/C19H32N4O/c1-16-6-8-18(9-7-16)24-13-10-21-19(20-3)22-14-17(2)15-23-11-4-5-12-23/h6-9,17H,4-5,10-15H2,1-3H3,(H2,20,21,22). The van der Waals surface area contributed by atoms with E-state index in [2.05, 4.69) is 46.5 Å². The minimum Gasteiger partial charge on any atom is -0.492 e. The van der Waals surface area contributed by atoms with E-state index >= 15 is 0 Å². The lowest BCUT2D eigenvalue weighted by Crippen LogP contribution is -2.42. The number of nitrogens with one attached hydrogen (secondary N) is 2. The van der Waals surface area contributed by atoms with Crippen LogP contribution in [0.1, 0.15) is 25.3 Å². The molecular formula is C19H32N4O. The number of guanidine groups is 1. The number of aliphatic imine (C=N–C) groups is 1. The first kappa shape index (κ1) is 18.6. The summed E-state index contributed by atoms with van der Waals surface area (Å²) < 4.78 is 5.72. The summed E-state index contributed by atoms with van der Waals surface area (Å²) in [5.74, 6) is 2.37. The highest BCUT2D eigenvalue weighted by Crippen LogP contribution is 2.11. The van der Waals surface area contributed by atoms with Crippen LogP contribution in [0.3, 0.4) is 0 Å². The van der Waals surface area contributed by atoms with E-state index in [1.54, 1.807) is 7.05 Å². The number of rotatable bonds is 8. The van der Waals surface area contributed by atoms with Crippen molar-refractivity contribution in [2.75, 3.05) is 46.4 Å². The van der Waals surface area contributed by atoms with Crippen LogP contribution in [0.25, 0.3) is 0 Å². The predicted molar refractivity (Wildman–Crippen MR) is 101 cm³/mol. The van der Waals surface area contributed by atoms with Gasteiger partial charge in [-0.15, -0.1) is 0 Å². The van der Waals surface area contributed by atoms with Crippen LogP contribution in [-0.4, -0.2) is 57.2 Å². The molecule has 1 aromatic rings. The minimum atomic E-state index is 0.616. The highest BCUT2D eigenvalue weighted by atomic mass is 16.5. The lowest BCUT2D eigenvalue weighted by molar-refractivity contribution is 0.287. The Morgan fingerprint density at radius 1 is 1.21 bits per heavy atom. The highest BCUT2D eigenvalue weighted by molar-refractivity contribution is 5.79. The van der Waals surface area contributed by atoms with Gasteiger partial charge in [0.15, 0.2) is 5.96 Å². The molecule has 0 aliphatic carbocycles. The first-order chi connectivity index (χ1) is 11.7. The van der Waals surface area contributed by atoms with Crippen molar-refractivity contribution in [1.82, 2.24) is 15.5 Å². The Hall–Kier alpha value is -1.75. The second kappa shape index (κ2) is 10.2. The van der Waals surface area contributed by atoms with Crippen molar-refractivity contribution in [3.63, 3.8) is 0 Å². The van der Waals surface area contributed by atoms with Crippen LogP contribution in [0, 0.1) is 12.8 Å². The van der Waals surface area contributed by atoms with Gasteiger partial charge in [0, 0.05) is 20.1 Å². The fraction of sp³-hybridized carbons (Fsp3) is 0.632. The largest absolute Gasteiger partial charge is 0.492 e. The maximum absolute atomic E-state index is 5.72. The molecule has 2 N–H and O–H groups in total. The molecule has 1 unspecified atom stereocenters. The number of nitrogens with zero attached hydrogens (tertiary/aromatic N) is 2. The Morgan fingerprint density at radius 2 is 1.92 bits per heavy atom. The molecule has 5 nitrogen and oxygen atoms in total. The van der Waals surface area contributed by atoms with Crippen LogP contribution in [0.4, 0.5) is 0 Å². The van der Waals surface area contributed by atoms with Crippen molar-refractivity contribution >= 4 is 5.96 Å². The summed E-state index contributed by atoms with van der Waals surface area (Å²) in [4.78, 5) is 6.83. The highest BCUT2D eigenvalue weighted by Gasteiger charge is 2.14. The van der Waals surface area contributed by atoms with Crippen molar-refractivity contribution in [2.45, 2.75) is 26.7 Å². The third-order valence-electron chi connectivity index (χ3n) is 4.29. The molecule has 1 heterocycles. The topological polar surface area (TPSA) is 48.9 Å². The quantitative estimate of drug-likeness (QED) is 0.436. The van der Waals surface area contributed by atoms with Gasteiger partial charge < -0.3 is 20.3 Å². The molecule has 0 bridgehead atoms. The first-order valence-corrected chi connectivity index (χ1v) is 9.03. The van der Waals surface area contributed by atoms with Crippen molar-refractivity contribution in [3.05, 3.63) is 29.8 Å². The Bertz CT molecular complexity index is 495. The number of aryl methyl sites for hydroxylation is 1. The van der Waals surface area contributed by atoms with E-state index in [1.165, 1.54) is 38.0 Å². The molecule has 0 saturated carbocycles. The van der Waals surface area contributed by atoms with E-state index in [1.807, 2.05) is 12.1 Å². The Kier molecular flexibility index (Phi) is 7.89. The Balaban J connectivity index is 1.58. The van der Waals surface area contributed by atoms with Crippen LogP contribution in [-0.2, 0) is 0 Å². The molecule has 134 valence electrons. The van der Waals surface area contributed by atoms with Crippen LogP contribution in [0.2, 0.25) is 0 Å². The average Bonchev–Trinajstić information content (AvgIpc) is 3.08. The number of hydrogen-bond donors (Lipinski definition) is 2. The van der Waals surface area contributed by atoms with Crippen molar-refractivity contribution in [2.24, 2.45) is 10.9 Å². The van der Waals surface area contributed by atoms with Crippen molar-refractivity contribution in [1.29, 1.82) is 0 Å². The van der Waals surface area contributed by atoms with Gasteiger partial charge in [-0.05, 0) is 50.9 Å². The fourth-order valence-corrected chi connectivity index (χ4v) is 2.93. The zero-order chi connectivity index (χ0) is 17.2. The van der Waals surface area contributed by atoms with Crippen LogP contribution in [0.15, 0.2) is 29.3 Å². The number of hydrogen-bond acceptors (Lipinski definition) is 3. The lowest BCUT2D eigenvalue weighted by atomic mass is 10.1. The van der Waals surface area contributed by atoms with E-state index in [0.29, 0.717) is 12.5 Å². The molecule has 1 aliphatic heterocycles. The van der Waals surface area contributed by atoms with Gasteiger partial charge in [-0.25, -0.2) is 0 Å². The third-order valence-corrected chi connectivity index (χ3v) is 4.29. The molecule has 1 aliphatic rings. The van der Waals surface area contributed by atoms with E-state index in [0.717, 1.165) is 24.8 Å². The monoisotopic (exact) mass is 332 g/mol. The zero-order valence-corrected chi connectivity index (χ0v) is 15.3. The molecule has 1 fully saturated rings. The van der Waals surface area contributed by atoms with Gasteiger partial charge in [-0.2, -0.15) is 0 Å². The molecule has 0 amide bonds. The Morgan fingerprint density at radius 3 is 2.58 bits per heavy atom. The fourth-order valence-electron chi connectivity index (χ4n) is 2.93. The summed E-state index contributed by atoms with van der Waals surface area (Å²) in [6.45, 7) is 10.3. The number of ether oxygens (including phenoxy) is 1. The van der Waals surface area contributed by atoms with Gasteiger partial charge in [-0.1, -0.05) is 24.6 Å². The maximum Gasteiger partial charge on any atom is 0.191 e. The van der Waals surface area contributed by atoms with Gasteiger partial charge >= 0.3 is 0 Å². The molecule has 1 aromatic carbocycles. The van der Waals surface area contributed by atoms with Crippen molar-refractivity contribution < 1.29 is 4.74 Å². The van der Waals surface area contributed by atoms with E-state index < -0.39 is 0 Å². The van der Waals surface area contributed by atoms with Gasteiger partial charge in [-0.3, -0.25) is 4.99 Å². The summed E-state index contributed by atoms with van der Waals surface area (Å²) in [6, 6.07) is 8.13. The van der Waals surface area contributed by atoms with Gasteiger partial charge in [0.2, 0.25) is 0 Å². The molecule has 1 saturated heterocycles. The summed E-state index contributed by atoms with van der Waals surface area (Å²) >= 11 is 0. The number of likely N-dealkylation sites (tertiary alicyclic amines) is 1. The van der Waals surface area contributed by atoms with Gasteiger partial charge in [0.05, 0.1) is 6.54 Å². The van der Waals surface area contributed by atoms with E-state index in [4.69, 9.17) is 4.74 Å². The van der Waals surface area contributed by atoms with Crippen LogP contribution in [0.5, 0.6) is 5.75 Å². The van der Waals surface area contributed by atoms with Crippen LogP contribution < -0.4 is 15.4 Å². The molecular weight excluding hydrogens is 300 g/mol. The predicted octanol–water partition coefficient (Wildman–Crippen LogP) is 2.27. The maximum atomic E-state index is 5.72. The van der Waals surface area contributed by atoms with Gasteiger partial charge in [0.1, 0.15) is 12.4 Å². The van der Waals surface area contributed by atoms with E-state index in [9.17, 15) is 0 Å². The first-order valence-electron chi connectivity index (χ1n) is 9.03. The second-order valence-corrected chi connectivity index (χ2v) is 6.65. The third kappa shape index (κ3) is 6.79. The molecule has 0 spiro atoms. The molecule has 24 heavy (non-hydrogen) atoms. The summed E-state index contributed by atoms with van der Waals surface area (Å²) in [5.41, 5.74) is 1.24. The van der Waals surface area contributed by atoms with E-state index in [-0.39, 0.29) is 0 Å².